The van der Waals surface area contributed by atoms with Gasteiger partial charge in [0.05, 0.1) is 13.1 Å². The average Bonchev–Trinajstić information content (AvgIpc) is 3.10. The van der Waals surface area contributed by atoms with E-state index in [1.54, 1.807) is 0 Å². The first kappa shape index (κ1) is 22.6. The standard InChI is InChI=1S/C21H32N6.HI/c1-5-16-9-7-8-10-17(16)13-23-21(22-6-2)24-18-11-12-19-25-20(15(3)4)26-27(19)14-18;/h7-10,15,18H,5-6,11-14H2,1-4H3,(H2,22,23,24);1H. The average molecular weight is 496 g/mol. The Hall–Kier alpha value is -1.64. The molecule has 1 aliphatic rings. The highest BCUT2D eigenvalue weighted by Crippen LogP contribution is 2.17. The van der Waals surface area contributed by atoms with Crippen LogP contribution in [-0.2, 0) is 25.9 Å². The summed E-state index contributed by atoms with van der Waals surface area (Å²) in [5.74, 6) is 3.30. The molecule has 1 unspecified atom stereocenters. The minimum Gasteiger partial charge on any atom is -0.357 e. The lowest BCUT2D eigenvalue weighted by Gasteiger charge is -2.25. The van der Waals surface area contributed by atoms with Crippen molar-refractivity contribution in [3.05, 3.63) is 47.0 Å². The number of benzene rings is 1. The molecular formula is C21H33IN6. The molecule has 0 aliphatic carbocycles. The highest BCUT2D eigenvalue weighted by atomic mass is 127. The summed E-state index contributed by atoms with van der Waals surface area (Å²) in [6, 6.07) is 8.85. The molecule has 0 saturated heterocycles. The number of nitrogens with zero attached hydrogens (tertiary/aromatic N) is 4. The molecule has 2 heterocycles. The van der Waals surface area contributed by atoms with Gasteiger partial charge in [-0.3, -0.25) is 0 Å². The summed E-state index contributed by atoms with van der Waals surface area (Å²) in [7, 11) is 0. The fourth-order valence-corrected chi connectivity index (χ4v) is 3.42. The molecule has 1 aromatic carbocycles. The molecule has 154 valence electrons. The van der Waals surface area contributed by atoms with Gasteiger partial charge < -0.3 is 10.6 Å². The number of aliphatic imine (C=N–C) groups is 1. The fourth-order valence-electron chi connectivity index (χ4n) is 3.42. The Kier molecular flexibility index (Phi) is 8.72. The second-order valence-electron chi connectivity index (χ2n) is 7.42. The highest BCUT2D eigenvalue weighted by Gasteiger charge is 2.23. The van der Waals surface area contributed by atoms with E-state index in [2.05, 4.69) is 77.4 Å². The van der Waals surface area contributed by atoms with Gasteiger partial charge in [-0.25, -0.2) is 14.7 Å². The van der Waals surface area contributed by atoms with Gasteiger partial charge in [-0.2, -0.15) is 5.10 Å². The van der Waals surface area contributed by atoms with Crippen molar-refractivity contribution >= 4 is 29.9 Å². The fraction of sp³-hybridized carbons (Fsp3) is 0.571. The monoisotopic (exact) mass is 496 g/mol. The Balaban J connectivity index is 0.00000280. The maximum Gasteiger partial charge on any atom is 0.191 e. The van der Waals surface area contributed by atoms with E-state index < -0.39 is 0 Å². The molecule has 1 aliphatic heterocycles. The van der Waals surface area contributed by atoms with Gasteiger partial charge in [0.15, 0.2) is 11.8 Å². The van der Waals surface area contributed by atoms with Gasteiger partial charge in [0.2, 0.25) is 0 Å². The number of fused-ring (bicyclic) bond motifs is 1. The summed E-state index contributed by atoms with van der Waals surface area (Å²) < 4.78 is 2.06. The summed E-state index contributed by atoms with van der Waals surface area (Å²) >= 11 is 0. The summed E-state index contributed by atoms with van der Waals surface area (Å²) in [5.41, 5.74) is 2.66. The maximum absolute atomic E-state index is 4.82. The van der Waals surface area contributed by atoms with Crippen molar-refractivity contribution in [3.8, 4) is 0 Å². The smallest absolute Gasteiger partial charge is 0.191 e. The summed E-state index contributed by atoms with van der Waals surface area (Å²) in [5, 5.41) is 11.6. The molecule has 6 nitrogen and oxygen atoms in total. The highest BCUT2D eigenvalue weighted by molar-refractivity contribution is 14.0. The number of aryl methyl sites for hydroxylation is 2. The number of guanidine groups is 1. The number of halogens is 1. The number of rotatable bonds is 6. The van der Waals surface area contributed by atoms with Crippen LogP contribution in [0.5, 0.6) is 0 Å². The van der Waals surface area contributed by atoms with Crippen LogP contribution in [0.1, 0.15) is 62.8 Å². The summed E-state index contributed by atoms with van der Waals surface area (Å²) in [6.45, 7) is 10.9. The molecule has 2 aromatic rings. The van der Waals surface area contributed by atoms with E-state index >= 15 is 0 Å². The minimum absolute atomic E-state index is 0. The van der Waals surface area contributed by atoms with Gasteiger partial charge in [0.1, 0.15) is 5.82 Å². The molecule has 1 atom stereocenters. The normalized spacial score (nSPS) is 16.5. The van der Waals surface area contributed by atoms with E-state index in [1.165, 1.54) is 11.1 Å². The lowest BCUT2D eigenvalue weighted by molar-refractivity contribution is 0.391. The Labute approximate surface area is 185 Å². The predicted molar refractivity (Wildman–Crippen MR) is 125 cm³/mol. The molecule has 7 heteroatoms. The van der Waals surface area contributed by atoms with Crippen molar-refractivity contribution in [1.29, 1.82) is 0 Å². The lowest BCUT2D eigenvalue weighted by Crippen LogP contribution is -2.47. The van der Waals surface area contributed by atoms with Crippen molar-refractivity contribution < 1.29 is 0 Å². The molecule has 0 fully saturated rings. The van der Waals surface area contributed by atoms with E-state index in [0.717, 1.165) is 50.0 Å². The second kappa shape index (κ2) is 10.8. The van der Waals surface area contributed by atoms with Crippen molar-refractivity contribution in [2.24, 2.45) is 4.99 Å². The van der Waals surface area contributed by atoms with E-state index in [1.807, 2.05) is 0 Å². The van der Waals surface area contributed by atoms with E-state index in [9.17, 15) is 0 Å². The molecule has 28 heavy (non-hydrogen) atoms. The van der Waals surface area contributed by atoms with Gasteiger partial charge in [-0.1, -0.05) is 45.0 Å². The van der Waals surface area contributed by atoms with Crippen LogP contribution in [0.15, 0.2) is 29.3 Å². The van der Waals surface area contributed by atoms with Crippen LogP contribution in [-0.4, -0.2) is 33.3 Å². The van der Waals surface area contributed by atoms with Crippen molar-refractivity contribution in [2.75, 3.05) is 6.54 Å². The van der Waals surface area contributed by atoms with Gasteiger partial charge in [-0.05, 0) is 30.9 Å². The van der Waals surface area contributed by atoms with Gasteiger partial charge in [-0.15, -0.1) is 24.0 Å². The topological polar surface area (TPSA) is 67.1 Å². The molecule has 1 aromatic heterocycles. The van der Waals surface area contributed by atoms with E-state index in [-0.39, 0.29) is 24.0 Å². The first-order chi connectivity index (χ1) is 13.1. The molecule has 0 amide bonds. The number of aromatic nitrogens is 3. The maximum atomic E-state index is 4.82. The van der Waals surface area contributed by atoms with Crippen LogP contribution in [0.3, 0.4) is 0 Å². The summed E-state index contributed by atoms with van der Waals surface area (Å²) in [4.78, 5) is 9.50. The molecule has 3 rings (SSSR count). The molecule has 0 saturated carbocycles. The van der Waals surface area contributed by atoms with Gasteiger partial charge in [0, 0.05) is 24.9 Å². The zero-order valence-corrected chi connectivity index (χ0v) is 19.7. The predicted octanol–water partition coefficient (Wildman–Crippen LogP) is 3.65. The quantitative estimate of drug-likeness (QED) is 0.364. The minimum atomic E-state index is 0. The third-order valence-corrected chi connectivity index (χ3v) is 4.98. The SMILES string of the molecule is CCNC(=NCc1ccccc1CC)NC1CCc2nc(C(C)C)nn2C1.I. The largest absolute Gasteiger partial charge is 0.357 e. The molecular weight excluding hydrogens is 463 g/mol. The van der Waals surface area contributed by atoms with E-state index in [0.29, 0.717) is 18.5 Å². The van der Waals surface area contributed by atoms with Crippen LogP contribution >= 0.6 is 24.0 Å². The molecule has 0 radical (unpaired) electrons. The summed E-state index contributed by atoms with van der Waals surface area (Å²) in [6.07, 6.45) is 3.03. The number of hydrogen-bond donors (Lipinski definition) is 2. The molecule has 0 spiro atoms. The van der Waals surface area contributed by atoms with Crippen LogP contribution in [0.25, 0.3) is 0 Å². The zero-order chi connectivity index (χ0) is 19.2. The lowest BCUT2D eigenvalue weighted by atomic mass is 10.1. The Morgan fingerprint density at radius 1 is 1.25 bits per heavy atom. The van der Waals surface area contributed by atoms with E-state index in [4.69, 9.17) is 4.99 Å². The van der Waals surface area contributed by atoms with Crippen LogP contribution in [0.4, 0.5) is 0 Å². The van der Waals surface area contributed by atoms with Gasteiger partial charge in [0.25, 0.3) is 0 Å². The molecule has 0 bridgehead atoms. The van der Waals surface area contributed by atoms with Crippen molar-refractivity contribution in [1.82, 2.24) is 25.4 Å². The Morgan fingerprint density at radius 3 is 2.68 bits per heavy atom. The van der Waals surface area contributed by atoms with Gasteiger partial charge >= 0.3 is 0 Å². The molecule has 2 N–H and O–H groups in total. The number of hydrogen-bond acceptors (Lipinski definition) is 3. The number of nitrogens with one attached hydrogen (secondary N) is 2. The zero-order valence-electron chi connectivity index (χ0n) is 17.4. The second-order valence-corrected chi connectivity index (χ2v) is 7.42. The third kappa shape index (κ3) is 5.68. The van der Waals surface area contributed by atoms with Crippen LogP contribution in [0.2, 0.25) is 0 Å². The first-order valence-corrected chi connectivity index (χ1v) is 10.2. The first-order valence-electron chi connectivity index (χ1n) is 10.2. The van der Waals surface area contributed by atoms with Crippen molar-refractivity contribution in [2.45, 2.75) is 72.0 Å². The Morgan fingerprint density at radius 2 is 2.00 bits per heavy atom. The van der Waals surface area contributed by atoms with Crippen molar-refractivity contribution in [3.63, 3.8) is 0 Å². The Bertz CT molecular complexity index is 783. The third-order valence-electron chi connectivity index (χ3n) is 4.98. The van der Waals surface area contributed by atoms with Crippen LogP contribution in [0, 0.1) is 0 Å². The van der Waals surface area contributed by atoms with Crippen LogP contribution < -0.4 is 10.6 Å².